The Labute approximate surface area is 476 Å². The van der Waals surface area contributed by atoms with E-state index in [1.165, 1.54) is 86.2 Å². The molecule has 9 nitrogen and oxygen atoms in total. The van der Waals surface area contributed by atoms with Gasteiger partial charge in [-0.3, -0.25) is 0 Å². The Morgan fingerprint density at radius 2 is 0.655 bits per heavy atom. The van der Waals surface area contributed by atoms with Crippen LogP contribution in [-0.4, -0.2) is 6.72 Å². The fraction of sp³-hybridized carbons (Fsp3) is 0. The van der Waals surface area contributed by atoms with Crippen LogP contribution in [0.5, 0.6) is 5.75 Å². The zero-order valence-electron chi connectivity index (χ0n) is 44.6. The molecule has 0 fully saturated rings. The van der Waals surface area contributed by atoms with Crippen molar-refractivity contribution >= 4 is 187 Å². The van der Waals surface area contributed by atoms with E-state index in [9.17, 15) is 0 Å². The van der Waals surface area contributed by atoms with Crippen LogP contribution >= 0.6 is 0 Å². The predicted molar refractivity (Wildman–Crippen MR) is 359 cm³/mol. The van der Waals surface area contributed by atoms with Crippen LogP contribution in [0.1, 0.15) is 0 Å². The van der Waals surface area contributed by atoms with Crippen molar-refractivity contribution in [2.24, 2.45) is 5.16 Å². The molecule has 0 aliphatic heterocycles. The molecule has 0 amide bonds. The first kappa shape index (κ1) is 44.2. The molecule has 9 heteroatoms. The molecule has 12 N–H and O–H groups in total. The van der Waals surface area contributed by atoms with E-state index < -0.39 is 0 Å². The molecule has 2 aliphatic rings. The molecule has 0 bridgehead atoms. The maximum absolute atomic E-state index is 8.73. The number of nitrogens with zero attached hydrogens (tertiary/aromatic N) is 1. The Balaban J connectivity index is 0.839. The lowest BCUT2D eigenvalue weighted by atomic mass is 9.82. The Bertz CT molecular complexity index is 5950. The van der Waals surface area contributed by atoms with Gasteiger partial charge in [-0.2, -0.15) is 0 Å². The van der Waals surface area contributed by atoms with Crippen molar-refractivity contribution in [1.82, 2.24) is 0 Å². The fourth-order valence-electron chi connectivity index (χ4n) is 16.6. The summed E-state index contributed by atoms with van der Waals surface area (Å²) in [6.07, 6.45) is 0. The van der Waals surface area contributed by atoms with Gasteiger partial charge < -0.3 is 45.0 Å². The molecule has 0 saturated heterocycles. The number of nitrogen functional groups attached to an aromatic ring is 5. The summed E-state index contributed by atoms with van der Waals surface area (Å²) in [7, 11) is 0. The second-order valence-corrected chi connectivity index (χ2v) is 23.4. The first-order valence-electron chi connectivity index (χ1n) is 28.1. The van der Waals surface area contributed by atoms with Crippen LogP contribution in [0.4, 0.5) is 39.8 Å². The molecular weight excluding hydrogens is 1030 g/mol. The normalized spacial score (nSPS) is 12.9. The maximum Gasteiger partial charge on any atom is 0.143 e. The molecule has 0 aromatic heterocycles. The van der Waals surface area contributed by atoms with Crippen molar-refractivity contribution in [3.05, 3.63) is 181 Å². The summed E-state index contributed by atoms with van der Waals surface area (Å²) in [5, 5.41) is 33.2. The molecule has 0 spiro atoms. The van der Waals surface area contributed by atoms with Gasteiger partial charge in [0.1, 0.15) is 5.75 Å². The molecule has 84 heavy (non-hydrogen) atoms. The zero-order chi connectivity index (χ0) is 55.8. The third kappa shape index (κ3) is 4.86. The van der Waals surface area contributed by atoms with Crippen LogP contribution in [0, 0.1) is 0 Å². The Morgan fingerprint density at radius 3 is 1.10 bits per heavy atom. The van der Waals surface area contributed by atoms with E-state index in [1.807, 2.05) is 36.4 Å². The van der Waals surface area contributed by atoms with Gasteiger partial charge in [-0.15, -0.1) is 5.69 Å². The second-order valence-electron chi connectivity index (χ2n) is 23.4. The van der Waals surface area contributed by atoms with Crippen LogP contribution in [0.15, 0.2) is 175 Å². The molecule has 20 rings (SSSR count). The van der Waals surface area contributed by atoms with Gasteiger partial charge in [0.05, 0.1) is 11.4 Å². The lowest BCUT2D eigenvalue weighted by Gasteiger charge is -2.21. The van der Waals surface area contributed by atoms with Crippen LogP contribution < -0.4 is 33.5 Å². The average molecular weight is 1070 g/mol. The number of anilines is 5. The zero-order valence-corrected chi connectivity index (χ0v) is 44.6. The first-order chi connectivity index (χ1) is 41.1. The number of rotatable bonds is 4. The van der Waals surface area contributed by atoms with Gasteiger partial charge >= 0.3 is 0 Å². The van der Waals surface area contributed by atoms with Crippen molar-refractivity contribution in [2.75, 3.05) is 28.7 Å². The average Bonchev–Trinajstić information content (AvgIpc) is 1.53. The van der Waals surface area contributed by atoms with Gasteiger partial charge in [0.25, 0.3) is 0 Å². The minimum Gasteiger partial charge on any atom is -0.697 e. The highest BCUT2D eigenvalue weighted by atomic mass is 16.6. The van der Waals surface area contributed by atoms with Crippen LogP contribution in [0.2, 0.25) is 0 Å². The van der Waals surface area contributed by atoms with Gasteiger partial charge in [0, 0.05) is 45.3 Å². The number of hydrogen-bond acceptors (Lipinski definition) is 7. The van der Waals surface area contributed by atoms with E-state index >= 15 is 0 Å². The Morgan fingerprint density at radius 1 is 0.286 bits per heavy atom. The SMILES string of the molecule is C=NOc1cc2c(cc1[NH-])-c1ccc3c4ccc5c6c(N)c7c8ccc9c%10ccc%11c%12c(ccc(c%13ccc(c7c(N)c6c6ccc(c7ccc-2c1c37)c4c56)c8c9%13)c%12%10)-c1c-%11c(-c2ccc([NH-])c(N)c2)c2ccccc2c1-c1ccc(N)c(N)c1. The van der Waals surface area contributed by atoms with Crippen LogP contribution in [0.3, 0.4) is 0 Å². The maximum atomic E-state index is 8.73. The van der Waals surface area contributed by atoms with E-state index in [4.69, 9.17) is 45.0 Å². The number of nitrogens with two attached hydrogens (primary N) is 5. The number of nitrogens with one attached hydrogen (secondary N) is 2. The highest BCUT2D eigenvalue weighted by Gasteiger charge is 2.34. The fourth-order valence-corrected chi connectivity index (χ4v) is 16.6. The molecule has 2 aliphatic carbocycles. The largest absolute Gasteiger partial charge is 0.697 e. The van der Waals surface area contributed by atoms with Crippen molar-refractivity contribution in [3.63, 3.8) is 0 Å². The van der Waals surface area contributed by atoms with Crippen molar-refractivity contribution in [3.8, 4) is 72.5 Å². The van der Waals surface area contributed by atoms with Gasteiger partial charge in [-0.25, -0.2) is 0 Å². The van der Waals surface area contributed by atoms with Crippen molar-refractivity contribution in [1.29, 1.82) is 0 Å². The van der Waals surface area contributed by atoms with Crippen molar-refractivity contribution < 1.29 is 4.84 Å². The molecule has 0 radical (unpaired) electrons. The number of fused-ring (bicyclic) bond motifs is 17. The van der Waals surface area contributed by atoms with Gasteiger partial charge in [-0.1, -0.05) is 156 Å². The standard InChI is InChI=1S/C75H42N8O/c1-83-84-57-29-51-43-11-9-35-39-15-21-47-66-46(20-14-38(62(39)66)34-8-10-42(64(43)60(34)35)50(51)28-56(57)80)70-71(47)75(82)73-49-23-17-41-37-13-19-45-65-44(18-12-36(61(37)65)40-16-22-48(67(49)63(40)41)72(73)74(70)81)68-58(30-6-24-52(76)54(78)26-30)32-4-2-3-5-33(32)59(69(45)68)31-7-25-53(77)55(79)27-31/h2-29,76,80H,1,77-79,81-82H2/q-2. The first-order valence-corrected chi connectivity index (χ1v) is 28.1. The minimum absolute atomic E-state index is 0.270. The summed E-state index contributed by atoms with van der Waals surface area (Å²) in [4.78, 5) is 5.45. The number of benzene rings is 16. The number of oxime groups is 1. The van der Waals surface area contributed by atoms with E-state index in [-0.39, 0.29) is 5.69 Å². The quantitative estimate of drug-likeness (QED) is 0.0290. The van der Waals surface area contributed by atoms with E-state index in [0.29, 0.717) is 28.5 Å². The van der Waals surface area contributed by atoms with E-state index in [0.717, 1.165) is 132 Å². The topological polar surface area (TPSA) is 199 Å². The van der Waals surface area contributed by atoms with E-state index in [1.54, 1.807) is 6.07 Å². The lowest BCUT2D eigenvalue weighted by Crippen LogP contribution is -1.97. The highest BCUT2D eigenvalue weighted by Crippen LogP contribution is 2.62. The summed E-state index contributed by atoms with van der Waals surface area (Å²) in [6.45, 7) is 3.50. The summed E-state index contributed by atoms with van der Waals surface area (Å²) in [5.74, 6) is 0.383. The molecule has 18 aromatic carbocycles. The molecule has 18 aromatic rings. The Kier molecular flexibility index (Phi) is 7.63. The predicted octanol–water partition coefficient (Wildman–Crippen LogP) is 20.3. The molecule has 0 unspecified atom stereocenters. The van der Waals surface area contributed by atoms with Crippen LogP contribution in [0.25, 0.3) is 218 Å². The summed E-state index contributed by atoms with van der Waals surface area (Å²) >= 11 is 0. The molecule has 0 heterocycles. The Hall–Kier alpha value is -11.6. The van der Waals surface area contributed by atoms with Crippen molar-refractivity contribution in [2.45, 2.75) is 0 Å². The van der Waals surface area contributed by atoms with E-state index in [2.05, 4.69) is 139 Å². The summed E-state index contributed by atoms with van der Waals surface area (Å²) in [6, 6.07) is 60.7. The summed E-state index contributed by atoms with van der Waals surface area (Å²) in [5.41, 5.74) is 68.9. The molecule has 390 valence electrons. The van der Waals surface area contributed by atoms with Gasteiger partial charge in [0.15, 0.2) is 0 Å². The third-order valence-corrected chi connectivity index (χ3v) is 19.8. The molecule has 0 atom stereocenters. The number of hydrogen-bond donors (Lipinski definition) is 5. The minimum atomic E-state index is 0.270. The molecular formula is C75H42N8O-2. The van der Waals surface area contributed by atoms with Crippen LogP contribution in [-0.2, 0) is 0 Å². The smallest absolute Gasteiger partial charge is 0.143 e. The van der Waals surface area contributed by atoms with Gasteiger partial charge in [0.2, 0.25) is 0 Å². The van der Waals surface area contributed by atoms with Gasteiger partial charge in [-0.05, 0) is 210 Å². The second kappa shape index (κ2) is 14.5. The highest BCUT2D eigenvalue weighted by molar-refractivity contribution is 6.52. The monoisotopic (exact) mass is 1070 g/mol. The summed E-state index contributed by atoms with van der Waals surface area (Å²) < 4.78 is 0. The molecule has 0 saturated carbocycles. The lowest BCUT2D eigenvalue weighted by molar-refractivity contribution is 0.348. The third-order valence-electron chi connectivity index (χ3n) is 19.8.